The molecule has 2 N–H and O–H groups in total. The third-order valence-corrected chi connectivity index (χ3v) is 3.10. The molecule has 19 heavy (non-hydrogen) atoms. The molecule has 0 amide bonds. The van der Waals surface area contributed by atoms with Crippen molar-refractivity contribution in [1.82, 2.24) is 15.5 Å². The Morgan fingerprint density at radius 1 is 1.26 bits per heavy atom. The van der Waals surface area contributed by atoms with Crippen molar-refractivity contribution >= 4 is 0 Å². The molecule has 4 nitrogen and oxygen atoms in total. The zero-order chi connectivity index (χ0) is 13.7. The Labute approximate surface area is 114 Å². The summed E-state index contributed by atoms with van der Waals surface area (Å²) in [5.41, 5.74) is 3.55. The van der Waals surface area contributed by atoms with Gasteiger partial charge >= 0.3 is 0 Å². The highest BCUT2D eigenvalue weighted by atomic mass is 16.5. The molecule has 1 unspecified atom stereocenters. The Morgan fingerprint density at radius 2 is 2.00 bits per heavy atom. The highest BCUT2D eigenvalue weighted by Crippen LogP contribution is 2.11. The van der Waals surface area contributed by atoms with E-state index in [4.69, 9.17) is 4.74 Å². The number of benzene rings is 1. The second kappa shape index (κ2) is 6.38. The van der Waals surface area contributed by atoms with Gasteiger partial charge in [-0.3, -0.25) is 5.10 Å². The lowest BCUT2D eigenvalue weighted by Gasteiger charge is -2.14. The number of hydrogen-bond acceptors (Lipinski definition) is 3. The average Bonchev–Trinajstić information content (AvgIpc) is 2.81. The summed E-state index contributed by atoms with van der Waals surface area (Å²) in [5.74, 6) is 0.916. The Morgan fingerprint density at radius 3 is 2.63 bits per heavy atom. The maximum atomic E-state index is 5.74. The lowest BCUT2D eigenvalue weighted by Crippen LogP contribution is -2.31. The second-order valence-corrected chi connectivity index (χ2v) is 4.93. The summed E-state index contributed by atoms with van der Waals surface area (Å²) in [6.45, 7) is 7.67. The number of rotatable bonds is 6. The van der Waals surface area contributed by atoms with Crippen molar-refractivity contribution in [2.24, 2.45) is 0 Å². The second-order valence-electron chi connectivity index (χ2n) is 4.93. The molecular formula is C15H21N3O. The van der Waals surface area contributed by atoms with E-state index >= 15 is 0 Å². The number of ether oxygens (including phenoxy) is 1. The van der Waals surface area contributed by atoms with Crippen molar-refractivity contribution in [1.29, 1.82) is 0 Å². The standard InChI is InChI=1S/C15H21N3O/c1-11-4-6-15(7-5-11)19-10-12(2)16-8-14-9-17-18-13(14)3/h4-7,9,12,16H,8,10H2,1-3H3,(H,17,18). The summed E-state index contributed by atoms with van der Waals surface area (Å²) in [5, 5.41) is 10.4. The number of aromatic amines is 1. The van der Waals surface area contributed by atoms with E-state index in [0.29, 0.717) is 6.61 Å². The Hall–Kier alpha value is -1.81. The molecule has 1 aromatic heterocycles. The molecule has 1 atom stereocenters. The van der Waals surface area contributed by atoms with E-state index in [1.807, 2.05) is 25.3 Å². The van der Waals surface area contributed by atoms with Crippen molar-refractivity contribution in [3.8, 4) is 5.75 Å². The van der Waals surface area contributed by atoms with Gasteiger partial charge in [0.1, 0.15) is 12.4 Å². The van der Waals surface area contributed by atoms with Gasteiger partial charge in [0.15, 0.2) is 0 Å². The topological polar surface area (TPSA) is 49.9 Å². The molecule has 4 heteroatoms. The number of H-pyrrole nitrogens is 1. The van der Waals surface area contributed by atoms with Crippen LogP contribution in [0.1, 0.15) is 23.7 Å². The molecule has 0 radical (unpaired) electrons. The number of nitrogens with one attached hydrogen (secondary N) is 2. The largest absolute Gasteiger partial charge is 0.492 e. The zero-order valence-electron chi connectivity index (χ0n) is 11.7. The quantitative estimate of drug-likeness (QED) is 0.838. The van der Waals surface area contributed by atoms with Crippen LogP contribution in [-0.2, 0) is 6.54 Å². The van der Waals surface area contributed by atoms with Crippen molar-refractivity contribution in [2.45, 2.75) is 33.4 Å². The Bertz CT molecular complexity index is 504. The van der Waals surface area contributed by atoms with Gasteiger partial charge in [0.25, 0.3) is 0 Å². The van der Waals surface area contributed by atoms with Crippen LogP contribution in [-0.4, -0.2) is 22.8 Å². The molecule has 2 aromatic rings. The minimum absolute atomic E-state index is 0.288. The lowest BCUT2D eigenvalue weighted by molar-refractivity contribution is 0.272. The van der Waals surface area contributed by atoms with Crippen molar-refractivity contribution in [3.63, 3.8) is 0 Å². The van der Waals surface area contributed by atoms with Crippen LogP contribution in [0.5, 0.6) is 5.75 Å². The fraction of sp³-hybridized carbons (Fsp3) is 0.400. The first-order valence-electron chi connectivity index (χ1n) is 6.57. The average molecular weight is 259 g/mol. The molecule has 0 fully saturated rings. The summed E-state index contributed by atoms with van der Waals surface area (Å²) in [6, 6.07) is 8.41. The first-order valence-corrected chi connectivity index (χ1v) is 6.57. The van der Waals surface area contributed by atoms with Gasteiger partial charge < -0.3 is 10.1 Å². The molecule has 0 aliphatic rings. The number of aromatic nitrogens is 2. The van der Waals surface area contributed by atoms with E-state index in [-0.39, 0.29) is 6.04 Å². The summed E-state index contributed by atoms with van der Waals surface area (Å²) in [4.78, 5) is 0. The van der Waals surface area contributed by atoms with Gasteiger partial charge in [-0.25, -0.2) is 0 Å². The molecule has 102 valence electrons. The highest BCUT2D eigenvalue weighted by molar-refractivity contribution is 5.26. The smallest absolute Gasteiger partial charge is 0.119 e. The van der Waals surface area contributed by atoms with E-state index in [1.54, 1.807) is 0 Å². The molecule has 0 aliphatic carbocycles. The van der Waals surface area contributed by atoms with Gasteiger partial charge in [-0.15, -0.1) is 0 Å². The monoisotopic (exact) mass is 259 g/mol. The van der Waals surface area contributed by atoms with Crippen LogP contribution in [0.4, 0.5) is 0 Å². The summed E-state index contributed by atoms with van der Waals surface area (Å²) in [6.07, 6.45) is 1.86. The van der Waals surface area contributed by atoms with Crippen LogP contribution in [0.25, 0.3) is 0 Å². The molecule has 1 heterocycles. The van der Waals surface area contributed by atoms with Crippen LogP contribution in [0.15, 0.2) is 30.5 Å². The zero-order valence-corrected chi connectivity index (χ0v) is 11.7. The van der Waals surface area contributed by atoms with Crippen molar-refractivity contribution < 1.29 is 4.74 Å². The molecule has 0 saturated heterocycles. The summed E-state index contributed by atoms with van der Waals surface area (Å²) in [7, 11) is 0. The fourth-order valence-electron chi connectivity index (χ4n) is 1.75. The van der Waals surface area contributed by atoms with E-state index < -0.39 is 0 Å². The van der Waals surface area contributed by atoms with Gasteiger partial charge in [-0.2, -0.15) is 5.10 Å². The maximum Gasteiger partial charge on any atom is 0.119 e. The van der Waals surface area contributed by atoms with Gasteiger partial charge in [0.2, 0.25) is 0 Å². The lowest BCUT2D eigenvalue weighted by atomic mass is 10.2. The van der Waals surface area contributed by atoms with Crippen LogP contribution in [0.3, 0.4) is 0 Å². The molecule has 0 bridgehead atoms. The Balaban J connectivity index is 1.74. The number of nitrogens with zero attached hydrogens (tertiary/aromatic N) is 1. The van der Waals surface area contributed by atoms with Crippen LogP contribution >= 0.6 is 0 Å². The van der Waals surface area contributed by atoms with Crippen molar-refractivity contribution in [3.05, 3.63) is 47.3 Å². The SMILES string of the molecule is Cc1ccc(OCC(C)NCc2cn[nH]c2C)cc1. The van der Waals surface area contributed by atoms with Gasteiger partial charge in [-0.05, 0) is 32.9 Å². The highest BCUT2D eigenvalue weighted by Gasteiger charge is 2.05. The minimum Gasteiger partial charge on any atom is -0.492 e. The maximum absolute atomic E-state index is 5.74. The summed E-state index contributed by atoms with van der Waals surface area (Å²) >= 11 is 0. The minimum atomic E-state index is 0.288. The third-order valence-electron chi connectivity index (χ3n) is 3.10. The molecule has 0 spiro atoms. The van der Waals surface area contributed by atoms with E-state index in [0.717, 1.165) is 18.0 Å². The van der Waals surface area contributed by atoms with Crippen LogP contribution in [0.2, 0.25) is 0 Å². The van der Waals surface area contributed by atoms with E-state index in [2.05, 4.69) is 41.5 Å². The Kier molecular flexibility index (Phi) is 4.58. The fourth-order valence-corrected chi connectivity index (χ4v) is 1.75. The van der Waals surface area contributed by atoms with Gasteiger partial charge in [0.05, 0.1) is 6.20 Å². The van der Waals surface area contributed by atoms with Gasteiger partial charge in [-0.1, -0.05) is 17.7 Å². The normalized spacial score (nSPS) is 12.4. The summed E-state index contributed by atoms with van der Waals surface area (Å²) < 4.78 is 5.74. The van der Waals surface area contributed by atoms with E-state index in [1.165, 1.54) is 11.1 Å². The molecular weight excluding hydrogens is 238 g/mol. The number of aryl methyl sites for hydroxylation is 2. The first-order chi connectivity index (χ1) is 9.15. The molecule has 2 rings (SSSR count). The number of hydrogen-bond donors (Lipinski definition) is 2. The van der Waals surface area contributed by atoms with E-state index in [9.17, 15) is 0 Å². The van der Waals surface area contributed by atoms with Gasteiger partial charge in [0, 0.05) is 23.8 Å². The first kappa shape index (κ1) is 13.6. The van der Waals surface area contributed by atoms with Crippen molar-refractivity contribution in [2.75, 3.05) is 6.61 Å². The van der Waals surface area contributed by atoms with Crippen LogP contribution in [0, 0.1) is 13.8 Å². The molecule has 1 aromatic carbocycles. The third kappa shape index (κ3) is 4.10. The molecule has 0 aliphatic heterocycles. The van der Waals surface area contributed by atoms with Crippen LogP contribution < -0.4 is 10.1 Å². The predicted octanol–water partition coefficient (Wildman–Crippen LogP) is 2.58. The predicted molar refractivity (Wildman–Crippen MR) is 76.3 cm³/mol. The molecule has 0 saturated carbocycles.